The fourth-order valence-corrected chi connectivity index (χ4v) is 3.81. The monoisotopic (exact) mass is 323 g/mol. The summed E-state index contributed by atoms with van der Waals surface area (Å²) in [5.41, 5.74) is 5.61. The highest BCUT2D eigenvalue weighted by molar-refractivity contribution is 7.00. The molecule has 0 unspecified atom stereocenters. The van der Waals surface area contributed by atoms with Gasteiger partial charge < -0.3 is 5.32 Å². The maximum absolute atomic E-state index is 12.3. The lowest BCUT2D eigenvalue weighted by atomic mass is 9.97. The van der Waals surface area contributed by atoms with E-state index in [-0.39, 0.29) is 5.91 Å². The minimum Gasteiger partial charge on any atom is -0.352 e. The fraction of sp³-hybridized carbons (Fsp3) is 0.278. The predicted octanol–water partition coefficient (Wildman–Crippen LogP) is 3.43. The van der Waals surface area contributed by atoms with Crippen molar-refractivity contribution in [2.45, 2.75) is 31.7 Å². The summed E-state index contributed by atoms with van der Waals surface area (Å²) in [5.74, 6) is 0.472. The first-order valence-corrected chi connectivity index (χ1v) is 8.58. The average molecular weight is 323 g/mol. The number of hydrogen-bond donors (Lipinski definition) is 1. The normalized spacial score (nSPS) is 16.4. The summed E-state index contributed by atoms with van der Waals surface area (Å²) in [4.78, 5) is 12.3. The van der Waals surface area contributed by atoms with Crippen molar-refractivity contribution in [2.75, 3.05) is 0 Å². The van der Waals surface area contributed by atoms with E-state index >= 15 is 0 Å². The Morgan fingerprint density at radius 1 is 1.17 bits per heavy atom. The van der Waals surface area contributed by atoms with Gasteiger partial charge in [-0.1, -0.05) is 30.3 Å². The van der Waals surface area contributed by atoms with Crippen LogP contribution in [0.25, 0.3) is 11.0 Å². The van der Waals surface area contributed by atoms with Crippen LogP contribution in [0.3, 0.4) is 0 Å². The first-order chi connectivity index (χ1) is 11.3. The SMILES string of the molecule is O=C(C[C@@H]1CCc2ccccc21)NCc1ccc2nsnc2c1. The first kappa shape index (κ1) is 14.3. The first-order valence-electron chi connectivity index (χ1n) is 7.85. The summed E-state index contributed by atoms with van der Waals surface area (Å²) < 4.78 is 8.42. The number of hydrogen-bond acceptors (Lipinski definition) is 4. The van der Waals surface area contributed by atoms with E-state index in [4.69, 9.17) is 0 Å². The van der Waals surface area contributed by atoms with E-state index in [0.29, 0.717) is 18.9 Å². The number of nitrogens with one attached hydrogen (secondary N) is 1. The van der Waals surface area contributed by atoms with Gasteiger partial charge in [-0.15, -0.1) is 0 Å². The zero-order chi connectivity index (χ0) is 15.6. The summed E-state index contributed by atoms with van der Waals surface area (Å²) in [7, 11) is 0. The Hall–Kier alpha value is -2.27. The zero-order valence-corrected chi connectivity index (χ0v) is 13.5. The zero-order valence-electron chi connectivity index (χ0n) is 12.7. The number of fused-ring (bicyclic) bond motifs is 2. The lowest BCUT2D eigenvalue weighted by Gasteiger charge is -2.12. The van der Waals surface area contributed by atoms with Crippen molar-refractivity contribution < 1.29 is 4.79 Å². The van der Waals surface area contributed by atoms with Crippen LogP contribution in [0.5, 0.6) is 0 Å². The van der Waals surface area contributed by atoms with Crippen molar-refractivity contribution in [1.82, 2.24) is 14.1 Å². The van der Waals surface area contributed by atoms with Crippen LogP contribution >= 0.6 is 11.7 Å². The fourth-order valence-electron chi connectivity index (χ4n) is 3.29. The maximum atomic E-state index is 12.3. The summed E-state index contributed by atoms with van der Waals surface area (Å²) >= 11 is 1.21. The molecule has 23 heavy (non-hydrogen) atoms. The summed E-state index contributed by atoms with van der Waals surface area (Å²) in [5, 5.41) is 3.03. The molecule has 0 saturated carbocycles. The third-order valence-corrected chi connectivity index (χ3v) is 5.05. The van der Waals surface area contributed by atoms with Gasteiger partial charge in [0.25, 0.3) is 0 Å². The van der Waals surface area contributed by atoms with Crippen LogP contribution in [0.4, 0.5) is 0 Å². The van der Waals surface area contributed by atoms with E-state index in [0.717, 1.165) is 29.4 Å². The van der Waals surface area contributed by atoms with Gasteiger partial charge in [-0.25, -0.2) is 0 Å². The van der Waals surface area contributed by atoms with E-state index in [9.17, 15) is 4.79 Å². The van der Waals surface area contributed by atoms with Crippen LogP contribution in [0.15, 0.2) is 42.5 Å². The van der Waals surface area contributed by atoms with Gasteiger partial charge in [-0.2, -0.15) is 8.75 Å². The average Bonchev–Trinajstić information content (AvgIpc) is 3.20. The number of aryl methyl sites for hydroxylation is 1. The Kier molecular flexibility index (Phi) is 3.79. The molecule has 4 rings (SSSR count). The Morgan fingerprint density at radius 2 is 2.04 bits per heavy atom. The second-order valence-corrected chi connectivity index (χ2v) is 6.53. The van der Waals surface area contributed by atoms with Gasteiger partial charge in [0.05, 0.1) is 11.7 Å². The molecule has 4 nitrogen and oxygen atoms in total. The number of nitrogens with zero attached hydrogens (tertiary/aromatic N) is 2. The molecule has 1 aliphatic rings. The minimum absolute atomic E-state index is 0.114. The second-order valence-electron chi connectivity index (χ2n) is 6.00. The molecule has 0 radical (unpaired) electrons. The Bertz CT molecular complexity index is 858. The molecule has 0 spiro atoms. The topological polar surface area (TPSA) is 54.9 Å². The predicted molar refractivity (Wildman–Crippen MR) is 91.4 cm³/mol. The minimum atomic E-state index is 0.114. The van der Waals surface area contributed by atoms with E-state index < -0.39 is 0 Å². The molecule has 116 valence electrons. The molecular weight excluding hydrogens is 306 g/mol. The maximum Gasteiger partial charge on any atom is 0.220 e. The summed E-state index contributed by atoms with van der Waals surface area (Å²) in [6.45, 7) is 0.542. The summed E-state index contributed by atoms with van der Waals surface area (Å²) in [6.07, 6.45) is 2.72. The van der Waals surface area contributed by atoms with Crippen LogP contribution in [-0.2, 0) is 17.8 Å². The standard InChI is InChI=1S/C18H17N3OS/c22-18(10-14-7-6-13-3-1-2-4-15(13)14)19-11-12-5-8-16-17(9-12)21-23-20-16/h1-5,8-9,14H,6-7,10-11H2,(H,19,22)/t14-/m0/s1. The molecule has 0 bridgehead atoms. The Labute approximate surface area is 138 Å². The number of benzene rings is 2. The highest BCUT2D eigenvalue weighted by atomic mass is 32.1. The molecular formula is C18H17N3OS. The van der Waals surface area contributed by atoms with Crippen molar-refractivity contribution in [3.8, 4) is 0 Å². The van der Waals surface area contributed by atoms with Gasteiger partial charge in [-0.3, -0.25) is 4.79 Å². The molecule has 1 atom stereocenters. The van der Waals surface area contributed by atoms with Crippen LogP contribution in [-0.4, -0.2) is 14.7 Å². The molecule has 1 aliphatic carbocycles. The Balaban J connectivity index is 1.37. The van der Waals surface area contributed by atoms with Gasteiger partial charge in [0.2, 0.25) is 5.91 Å². The molecule has 1 N–H and O–H groups in total. The highest BCUT2D eigenvalue weighted by Gasteiger charge is 2.23. The highest BCUT2D eigenvalue weighted by Crippen LogP contribution is 2.35. The number of rotatable bonds is 4. The van der Waals surface area contributed by atoms with Gasteiger partial charge in [0.15, 0.2) is 0 Å². The van der Waals surface area contributed by atoms with Crippen LogP contribution in [0, 0.1) is 0 Å². The van der Waals surface area contributed by atoms with Crippen LogP contribution in [0.1, 0.15) is 35.4 Å². The van der Waals surface area contributed by atoms with Crippen molar-refractivity contribution in [3.05, 3.63) is 59.2 Å². The molecule has 3 aromatic rings. The number of aromatic nitrogens is 2. The molecule has 0 aliphatic heterocycles. The van der Waals surface area contributed by atoms with Crippen molar-refractivity contribution in [2.24, 2.45) is 0 Å². The smallest absolute Gasteiger partial charge is 0.220 e. The van der Waals surface area contributed by atoms with Crippen molar-refractivity contribution in [1.29, 1.82) is 0 Å². The molecule has 5 heteroatoms. The third kappa shape index (κ3) is 2.97. The molecule has 1 heterocycles. The van der Waals surface area contributed by atoms with E-state index in [1.807, 2.05) is 18.2 Å². The molecule has 2 aromatic carbocycles. The van der Waals surface area contributed by atoms with E-state index in [2.05, 4.69) is 38.3 Å². The summed E-state index contributed by atoms with van der Waals surface area (Å²) in [6, 6.07) is 14.4. The largest absolute Gasteiger partial charge is 0.352 e. The van der Waals surface area contributed by atoms with E-state index in [1.165, 1.54) is 22.9 Å². The molecule has 0 saturated heterocycles. The molecule has 1 aromatic heterocycles. The molecule has 1 amide bonds. The van der Waals surface area contributed by atoms with Gasteiger partial charge in [0, 0.05) is 13.0 Å². The number of carbonyl (C=O) groups excluding carboxylic acids is 1. The van der Waals surface area contributed by atoms with Crippen LogP contribution in [0.2, 0.25) is 0 Å². The lowest BCUT2D eigenvalue weighted by molar-refractivity contribution is -0.121. The lowest BCUT2D eigenvalue weighted by Crippen LogP contribution is -2.24. The van der Waals surface area contributed by atoms with Crippen LogP contribution < -0.4 is 5.32 Å². The Morgan fingerprint density at radius 3 is 3.00 bits per heavy atom. The number of amides is 1. The van der Waals surface area contributed by atoms with Gasteiger partial charge >= 0.3 is 0 Å². The van der Waals surface area contributed by atoms with Crippen molar-refractivity contribution >= 4 is 28.7 Å². The second kappa shape index (κ2) is 6.08. The van der Waals surface area contributed by atoms with E-state index in [1.54, 1.807) is 0 Å². The van der Waals surface area contributed by atoms with Crippen molar-refractivity contribution in [3.63, 3.8) is 0 Å². The molecule has 0 fully saturated rings. The third-order valence-electron chi connectivity index (χ3n) is 4.50. The van der Waals surface area contributed by atoms with Gasteiger partial charge in [-0.05, 0) is 47.6 Å². The van der Waals surface area contributed by atoms with Gasteiger partial charge in [0.1, 0.15) is 11.0 Å². The quantitative estimate of drug-likeness (QED) is 0.800. The number of carbonyl (C=O) groups is 1.